The molecule has 2 aliphatic carbocycles. The third-order valence-electron chi connectivity index (χ3n) is 11.3. The Bertz CT molecular complexity index is 1620. The number of aromatic nitrogens is 3. The van der Waals surface area contributed by atoms with Gasteiger partial charge in [-0.05, 0) is 75.5 Å². The van der Waals surface area contributed by atoms with Crippen molar-refractivity contribution in [3.8, 4) is 0 Å². The van der Waals surface area contributed by atoms with Gasteiger partial charge in [-0.2, -0.15) is 13.2 Å². The smallest absolute Gasteiger partial charge is 0.391 e. The van der Waals surface area contributed by atoms with Crippen molar-refractivity contribution in [1.82, 2.24) is 19.4 Å². The van der Waals surface area contributed by atoms with Gasteiger partial charge in [0, 0.05) is 38.3 Å². The molecule has 11 nitrogen and oxygen atoms in total. The van der Waals surface area contributed by atoms with Crippen molar-refractivity contribution in [2.24, 2.45) is 11.8 Å². The number of hydrogen-bond acceptors (Lipinski definition) is 9. The van der Waals surface area contributed by atoms with Crippen LogP contribution >= 0.6 is 0 Å². The highest BCUT2D eigenvalue weighted by atomic mass is 19.4. The fourth-order valence-electron chi connectivity index (χ4n) is 8.52. The maximum absolute atomic E-state index is 13.5. The first-order valence-electron chi connectivity index (χ1n) is 17.1. The summed E-state index contributed by atoms with van der Waals surface area (Å²) in [4.78, 5) is 13.0. The molecule has 1 aromatic carbocycles. The zero-order valence-corrected chi connectivity index (χ0v) is 27.7. The number of quaternary nitrogens is 1. The maximum Gasteiger partial charge on any atom is 0.416 e. The summed E-state index contributed by atoms with van der Waals surface area (Å²) in [6.07, 6.45) is 2.55. The molecule has 3 aromatic rings. The van der Waals surface area contributed by atoms with E-state index in [1.54, 1.807) is 6.07 Å². The lowest BCUT2D eigenvalue weighted by atomic mass is 9.76. The van der Waals surface area contributed by atoms with E-state index in [9.17, 15) is 23.4 Å². The van der Waals surface area contributed by atoms with Crippen molar-refractivity contribution in [2.45, 2.75) is 101 Å². The van der Waals surface area contributed by atoms with Gasteiger partial charge in [0.25, 0.3) is 0 Å². The van der Waals surface area contributed by atoms with Crippen molar-refractivity contribution in [2.75, 3.05) is 37.4 Å². The molecule has 2 saturated carbocycles. The van der Waals surface area contributed by atoms with Gasteiger partial charge in [-0.1, -0.05) is 0 Å². The molecule has 262 valence electrons. The quantitative estimate of drug-likeness (QED) is 0.189. The highest BCUT2D eigenvalue weighted by Gasteiger charge is 2.43. The number of ether oxygens (including phenoxy) is 2. The van der Waals surface area contributed by atoms with Crippen LogP contribution in [0.2, 0.25) is 0 Å². The average molecular weight is 675 g/mol. The summed E-state index contributed by atoms with van der Waals surface area (Å²) in [5, 5.41) is 24.3. The number of nitrogens with two attached hydrogens (primary N) is 2. The number of nitrogen functional groups attached to an aromatic ring is 1. The SMILES string of the molecule is Cc1cc2c(cc1C(F)(F)F)[NH2+]C(CCC1CC(N(C[C@@H]3C[C@@H](O)[C@H](n4ccc5c(N)ncnc54)C3)C(C)O[C@@H]3COC[C@@H]3O)C1)N2C. The number of benzene rings is 1. The maximum atomic E-state index is 13.5. The molecule has 4 aliphatic rings. The number of hydrogen-bond donors (Lipinski definition) is 4. The Morgan fingerprint density at radius 3 is 2.62 bits per heavy atom. The van der Waals surface area contributed by atoms with Crippen molar-refractivity contribution < 1.29 is 38.2 Å². The first kappa shape index (κ1) is 33.5. The van der Waals surface area contributed by atoms with E-state index in [2.05, 4.69) is 19.8 Å². The Morgan fingerprint density at radius 2 is 1.90 bits per heavy atom. The first-order valence-corrected chi connectivity index (χ1v) is 17.1. The zero-order chi connectivity index (χ0) is 33.9. The molecule has 3 fully saturated rings. The molecule has 2 aromatic heterocycles. The number of aliphatic hydroxyl groups excluding tert-OH is 2. The van der Waals surface area contributed by atoms with Crippen LogP contribution in [-0.2, 0) is 15.7 Å². The zero-order valence-electron chi connectivity index (χ0n) is 27.7. The van der Waals surface area contributed by atoms with Crippen LogP contribution < -0.4 is 16.0 Å². The molecule has 4 heterocycles. The predicted molar refractivity (Wildman–Crippen MR) is 173 cm³/mol. The molecule has 6 N–H and O–H groups in total. The topological polar surface area (TPSA) is 139 Å². The minimum absolute atomic E-state index is 0.0615. The molecular weight excluding hydrogens is 627 g/mol. The van der Waals surface area contributed by atoms with E-state index in [1.807, 2.05) is 36.1 Å². The molecule has 14 heteroatoms. The second kappa shape index (κ2) is 13.0. The molecule has 0 radical (unpaired) electrons. The lowest BCUT2D eigenvalue weighted by molar-refractivity contribution is -0.601. The van der Waals surface area contributed by atoms with Crippen molar-refractivity contribution in [3.63, 3.8) is 0 Å². The number of aliphatic hydroxyl groups is 2. The van der Waals surface area contributed by atoms with Crippen molar-refractivity contribution in [1.29, 1.82) is 0 Å². The van der Waals surface area contributed by atoms with Crippen LogP contribution in [-0.4, -0.2) is 93.2 Å². The Kier molecular flexibility index (Phi) is 9.09. The highest BCUT2D eigenvalue weighted by molar-refractivity contribution is 5.86. The molecule has 0 spiro atoms. The lowest BCUT2D eigenvalue weighted by Crippen LogP contribution is -2.84. The van der Waals surface area contributed by atoms with E-state index in [-0.39, 0.29) is 42.6 Å². The first-order chi connectivity index (χ1) is 22.9. The largest absolute Gasteiger partial charge is 0.416 e. The van der Waals surface area contributed by atoms with Gasteiger partial charge in [0.05, 0.1) is 36.3 Å². The number of aryl methyl sites for hydroxylation is 1. The normalized spacial score (nSPS) is 31.1. The van der Waals surface area contributed by atoms with E-state index in [4.69, 9.17) is 15.2 Å². The summed E-state index contributed by atoms with van der Waals surface area (Å²) in [5.74, 6) is 1.15. The Labute approximate surface area is 278 Å². The van der Waals surface area contributed by atoms with Gasteiger partial charge in [0.2, 0.25) is 0 Å². The summed E-state index contributed by atoms with van der Waals surface area (Å²) < 4.78 is 54.4. The molecule has 48 heavy (non-hydrogen) atoms. The van der Waals surface area contributed by atoms with E-state index in [0.29, 0.717) is 36.5 Å². The minimum Gasteiger partial charge on any atom is -0.391 e. The van der Waals surface area contributed by atoms with Gasteiger partial charge in [-0.3, -0.25) is 10.2 Å². The number of halogens is 3. The Hall–Kier alpha value is -3.01. The Morgan fingerprint density at radius 1 is 1.10 bits per heavy atom. The second-order valence-electron chi connectivity index (χ2n) is 14.4. The Balaban J connectivity index is 0.986. The monoisotopic (exact) mass is 674 g/mol. The van der Waals surface area contributed by atoms with Crippen LogP contribution in [0.4, 0.5) is 30.4 Å². The van der Waals surface area contributed by atoms with Crippen molar-refractivity contribution in [3.05, 3.63) is 41.9 Å². The fraction of sp³-hybridized carbons (Fsp3) is 0.647. The van der Waals surface area contributed by atoms with E-state index < -0.39 is 23.9 Å². The third-order valence-corrected chi connectivity index (χ3v) is 11.3. The third kappa shape index (κ3) is 6.38. The van der Waals surface area contributed by atoms with E-state index in [0.717, 1.165) is 55.4 Å². The minimum atomic E-state index is -4.36. The molecule has 0 amide bonds. The standard InChI is InChI=1S/C34H46F3N7O4/c1-18-8-26-25(13-24(18)34(35,36)37)41-31(42(26)3)5-4-20-9-22(10-20)44(19(2)48-30-16-47-15-29(30)46)14-21-11-27(28(45)12-21)43-7-6-23-32(38)39-17-40-33(23)43/h6-8,13,17,19-22,27-31,41,45-46H,4-5,9-12,14-16H2,1-3H3,(H2,38,39,40)/p+1/t19?,20?,21-,22?,27+,28+,29-,30+,31?/m0/s1. The lowest BCUT2D eigenvalue weighted by Gasteiger charge is -2.47. The van der Waals surface area contributed by atoms with Gasteiger partial charge in [-0.25, -0.2) is 9.97 Å². The van der Waals surface area contributed by atoms with Gasteiger partial charge in [-0.15, -0.1) is 0 Å². The average Bonchev–Trinajstić information content (AvgIpc) is 3.78. The van der Waals surface area contributed by atoms with Crippen LogP contribution in [0.3, 0.4) is 0 Å². The second-order valence-corrected chi connectivity index (χ2v) is 14.4. The number of anilines is 2. The van der Waals surface area contributed by atoms with Gasteiger partial charge >= 0.3 is 6.18 Å². The highest BCUT2D eigenvalue weighted by Crippen LogP contribution is 2.43. The molecule has 1 saturated heterocycles. The van der Waals surface area contributed by atoms with Crippen LogP contribution in [0.1, 0.15) is 62.6 Å². The predicted octanol–water partition coefficient (Wildman–Crippen LogP) is 3.31. The summed E-state index contributed by atoms with van der Waals surface area (Å²) >= 11 is 0. The van der Waals surface area contributed by atoms with Crippen LogP contribution in [0.5, 0.6) is 0 Å². The summed E-state index contributed by atoms with van der Waals surface area (Å²) in [7, 11) is 1.97. The van der Waals surface area contributed by atoms with Gasteiger partial charge in [0.1, 0.15) is 41.9 Å². The molecule has 2 unspecified atom stereocenters. The van der Waals surface area contributed by atoms with Gasteiger partial charge < -0.3 is 34.9 Å². The molecular formula is C34H47F3N7O4+. The molecule has 7 atom stereocenters. The van der Waals surface area contributed by atoms with E-state index >= 15 is 0 Å². The van der Waals surface area contributed by atoms with Crippen LogP contribution in [0.25, 0.3) is 11.0 Å². The number of fused-ring (bicyclic) bond motifs is 2. The molecule has 0 bridgehead atoms. The van der Waals surface area contributed by atoms with Crippen LogP contribution in [0, 0.1) is 18.8 Å². The number of alkyl halides is 3. The molecule has 7 rings (SSSR count). The summed E-state index contributed by atoms with van der Waals surface area (Å²) in [5.41, 5.74) is 7.98. The van der Waals surface area contributed by atoms with Crippen molar-refractivity contribution >= 4 is 28.2 Å². The van der Waals surface area contributed by atoms with E-state index in [1.165, 1.54) is 19.3 Å². The number of rotatable bonds is 10. The number of nitrogens with zero attached hydrogens (tertiary/aromatic N) is 5. The summed E-state index contributed by atoms with van der Waals surface area (Å²) in [6, 6.07) is 5.01. The van der Waals surface area contributed by atoms with Gasteiger partial charge in [0.15, 0.2) is 11.9 Å². The van der Waals surface area contributed by atoms with Crippen LogP contribution in [0.15, 0.2) is 30.7 Å². The molecule has 2 aliphatic heterocycles. The fourth-order valence-corrected chi connectivity index (χ4v) is 8.52. The summed E-state index contributed by atoms with van der Waals surface area (Å²) in [6.45, 7) is 4.95.